The molecule has 152 valence electrons. The molecule has 6 nitrogen and oxygen atoms in total. The van der Waals surface area contributed by atoms with Gasteiger partial charge in [0.15, 0.2) is 12.4 Å². The number of aromatic nitrogens is 1. The van der Waals surface area contributed by atoms with Crippen LogP contribution in [0.1, 0.15) is 36.2 Å². The Hall–Kier alpha value is -2.67. The minimum atomic E-state index is -0.596. The van der Waals surface area contributed by atoms with Gasteiger partial charge in [-0.25, -0.2) is 4.39 Å². The number of ether oxygens (including phenoxy) is 2. The number of methoxy groups -OCH3 is 1. The van der Waals surface area contributed by atoms with Crippen molar-refractivity contribution in [1.82, 2.24) is 10.3 Å². The van der Waals surface area contributed by atoms with E-state index in [9.17, 15) is 14.0 Å². The summed E-state index contributed by atoms with van der Waals surface area (Å²) in [5.74, 6) is -0.0371. The van der Waals surface area contributed by atoms with Crippen molar-refractivity contribution < 1.29 is 23.5 Å². The Kier molecular flexibility index (Phi) is 4.94. The molecular weight excluding hydrogens is 399 g/mol. The van der Waals surface area contributed by atoms with E-state index in [0.717, 1.165) is 25.3 Å². The molecule has 1 heterocycles. The van der Waals surface area contributed by atoms with Crippen molar-refractivity contribution in [2.75, 3.05) is 13.7 Å². The first kappa shape index (κ1) is 19.6. The van der Waals surface area contributed by atoms with E-state index in [0.29, 0.717) is 17.9 Å². The predicted molar refractivity (Wildman–Crippen MR) is 104 cm³/mol. The Balaban J connectivity index is 1.24. The number of halogens is 2. The number of carbonyl (C=O) groups excluding carboxylic acids is 2. The Morgan fingerprint density at radius 1 is 1.21 bits per heavy atom. The van der Waals surface area contributed by atoms with Gasteiger partial charge < -0.3 is 14.8 Å². The van der Waals surface area contributed by atoms with Crippen molar-refractivity contribution in [3.63, 3.8) is 0 Å². The maximum Gasteiger partial charge on any atom is 0.258 e. The molecule has 0 atom stereocenters. The van der Waals surface area contributed by atoms with Crippen molar-refractivity contribution >= 4 is 23.3 Å². The first-order valence-electron chi connectivity index (χ1n) is 9.24. The monoisotopic (exact) mass is 418 g/mol. The number of nitrogens with one attached hydrogen (secondary N) is 1. The summed E-state index contributed by atoms with van der Waals surface area (Å²) in [7, 11) is 1.55. The Morgan fingerprint density at radius 2 is 1.97 bits per heavy atom. The van der Waals surface area contributed by atoms with Crippen molar-refractivity contribution in [3.8, 4) is 11.5 Å². The zero-order valence-corrected chi connectivity index (χ0v) is 16.6. The van der Waals surface area contributed by atoms with Gasteiger partial charge in [0.2, 0.25) is 0 Å². The van der Waals surface area contributed by atoms with Gasteiger partial charge in [-0.1, -0.05) is 11.6 Å². The summed E-state index contributed by atoms with van der Waals surface area (Å²) < 4.78 is 23.9. The number of Topliss-reactive ketones (excluding diaryl/α,β-unsaturated/α-hetero) is 1. The molecule has 8 heteroatoms. The van der Waals surface area contributed by atoms with Crippen molar-refractivity contribution in [1.29, 1.82) is 0 Å². The second-order valence-corrected chi connectivity index (χ2v) is 8.31. The summed E-state index contributed by atoms with van der Waals surface area (Å²) >= 11 is 5.62. The molecule has 5 rings (SSSR count). The Morgan fingerprint density at radius 3 is 2.66 bits per heavy atom. The van der Waals surface area contributed by atoms with Gasteiger partial charge in [-0.3, -0.25) is 14.6 Å². The Labute approximate surface area is 172 Å². The predicted octanol–water partition coefficient (Wildman–Crippen LogP) is 3.57. The molecule has 29 heavy (non-hydrogen) atoms. The van der Waals surface area contributed by atoms with Crippen LogP contribution in [0.2, 0.25) is 5.02 Å². The van der Waals surface area contributed by atoms with E-state index in [1.165, 1.54) is 12.1 Å². The second kappa shape index (κ2) is 7.30. The minimum absolute atomic E-state index is 0.000315. The SMILES string of the molecule is COc1ccnc(C(=O)CC23CC(NC(=O)COc4ccc(Cl)c(F)c4)(C2)C3)c1. The van der Waals surface area contributed by atoms with Crippen molar-refractivity contribution in [2.24, 2.45) is 5.41 Å². The van der Waals surface area contributed by atoms with Crippen LogP contribution in [0.5, 0.6) is 11.5 Å². The smallest absolute Gasteiger partial charge is 0.258 e. The molecule has 1 aromatic carbocycles. The normalized spacial score (nSPS) is 24.1. The second-order valence-electron chi connectivity index (χ2n) is 7.90. The molecule has 0 spiro atoms. The molecule has 2 bridgehead atoms. The summed E-state index contributed by atoms with van der Waals surface area (Å²) in [6.45, 7) is -0.206. The van der Waals surface area contributed by atoms with Crippen LogP contribution in [-0.4, -0.2) is 35.9 Å². The highest BCUT2D eigenvalue weighted by Crippen LogP contribution is 2.69. The van der Waals surface area contributed by atoms with E-state index in [-0.39, 0.29) is 40.0 Å². The lowest BCUT2D eigenvalue weighted by atomic mass is 9.38. The van der Waals surface area contributed by atoms with Gasteiger partial charge in [-0.05, 0) is 42.9 Å². The zero-order valence-electron chi connectivity index (χ0n) is 15.8. The molecule has 0 aliphatic heterocycles. The molecule has 0 saturated heterocycles. The zero-order chi connectivity index (χ0) is 20.6. The fraction of sp³-hybridized carbons (Fsp3) is 0.381. The third kappa shape index (κ3) is 3.92. The van der Waals surface area contributed by atoms with Gasteiger partial charge >= 0.3 is 0 Å². The van der Waals surface area contributed by atoms with Crippen LogP contribution in [0.3, 0.4) is 0 Å². The number of nitrogens with zero attached hydrogens (tertiary/aromatic N) is 1. The first-order valence-corrected chi connectivity index (χ1v) is 9.62. The molecule has 1 N–H and O–H groups in total. The molecule has 3 aliphatic carbocycles. The van der Waals surface area contributed by atoms with Gasteiger partial charge in [0.25, 0.3) is 5.91 Å². The average Bonchev–Trinajstić information content (AvgIpc) is 2.66. The average molecular weight is 419 g/mol. The Bertz CT molecular complexity index is 961. The van der Waals surface area contributed by atoms with Crippen LogP contribution in [0.4, 0.5) is 4.39 Å². The number of hydrogen-bond donors (Lipinski definition) is 1. The molecule has 1 amide bonds. The van der Waals surface area contributed by atoms with E-state index in [1.807, 2.05) is 0 Å². The molecule has 3 saturated carbocycles. The summed E-state index contributed by atoms with van der Waals surface area (Å²) in [4.78, 5) is 28.8. The lowest BCUT2D eigenvalue weighted by molar-refractivity contribution is -0.164. The highest BCUT2D eigenvalue weighted by Gasteiger charge is 2.68. The lowest BCUT2D eigenvalue weighted by Gasteiger charge is -2.70. The van der Waals surface area contributed by atoms with Gasteiger partial charge in [0.05, 0.1) is 12.1 Å². The van der Waals surface area contributed by atoms with Crippen LogP contribution < -0.4 is 14.8 Å². The molecule has 1 aromatic heterocycles. The highest BCUT2D eigenvalue weighted by atomic mass is 35.5. The standard InChI is InChI=1S/C21H20ClFN2O4/c1-28-13-4-5-24-17(7-13)18(26)8-20-10-21(11-20,12-20)25-19(27)9-29-14-2-3-15(22)16(23)6-14/h2-7H,8-12H2,1H3,(H,25,27). The number of ketones is 1. The number of hydrogen-bond acceptors (Lipinski definition) is 5. The summed E-state index contributed by atoms with van der Waals surface area (Å²) in [6, 6.07) is 7.37. The third-order valence-electron chi connectivity index (χ3n) is 5.59. The van der Waals surface area contributed by atoms with E-state index >= 15 is 0 Å². The minimum Gasteiger partial charge on any atom is -0.497 e. The highest BCUT2D eigenvalue weighted by molar-refractivity contribution is 6.30. The maximum atomic E-state index is 13.4. The molecule has 3 fully saturated rings. The van der Waals surface area contributed by atoms with E-state index in [2.05, 4.69) is 10.3 Å². The number of carbonyl (C=O) groups is 2. The molecular formula is C21H20ClFN2O4. The van der Waals surface area contributed by atoms with Crippen LogP contribution in [0, 0.1) is 11.2 Å². The first-order chi connectivity index (χ1) is 13.8. The molecule has 0 radical (unpaired) electrons. The molecule has 3 aliphatic rings. The van der Waals surface area contributed by atoms with Gasteiger partial charge in [-0.15, -0.1) is 0 Å². The van der Waals surface area contributed by atoms with E-state index in [4.69, 9.17) is 21.1 Å². The number of amides is 1. The van der Waals surface area contributed by atoms with Crippen LogP contribution in [0.15, 0.2) is 36.5 Å². The maximum absolute atomic E-state index is 13.4. The van der Waals surface area contributed by atoms with E-state index in [1.54, 1.807) is 25.4 Å². The fourth-order valence-corrected chi connectivity index (χ4v) is 4.60. The van der Waals surface area contributed by atoms with Crippen molar-refractivity contribution in [3.05, 3.63) is 53.1 Å². The van der Waals surface area contributed by atoms with E-state index < -0.39 is 5.82 Å². The quantitative estimate of drug-likeness (QED) is 0.663. The lowest BCUT2D eigenvalue weighted by Crippen LogP contribution is -2.75. The molecule has 0 unspecified atom stereocenters. The fourth-order valence-electron chi connectivity index (χ4n) is 4.49. The summed E-state index contributed by atoms with van der Waals surface area (Å²) in [6.07, 6.45) is 4.25. The van der Waals surface area contributed by atoms with Gasteiger partial charge in [-0.2, -0.15) is 0 Å². The van der Waals surface area contributed by atoms with Gasteiger partial charge in [0.1, 0.15) is 23.0 Å². The summed E-state index contributed by atoms with van der Waals surface area (Å²) in [5.41, 5.74) is 0.0824. The number of pyridine rings is 1. The topological polar surface area (TPSA) is 77.5 Å². The van der Waals surface area contributed by atoms with Crippen LogP contribution in [-0.2, 0) is 4.79 Å². The number of rotatable bonds is 8. The van der Waals surface area contributed by atoms with Gasteiger partial charge in [0, 0.05) is 30.3 Å². The summed E-state index contributed by atoms with van der Waals surface area (Å²) in [5, 5.41) is 2.98. The largest absolute Gasteiger partial charge is 0.497 e. The number of benzene rings is 1. The van der Waals surface area contributed by atoms with Crippen molar-refractivity contribution in [2.45, 2.75) is 31.2 Å². The van der Waals surface area contributed by atoms with Crippen LogP contribution >= 0.6 is 11.6 Å². The molecule has 2 aromatic rings. The van der Waals surface area contributed by atoms with Crippen LogP contribution in [0.25, 0.3) is 0 Å². The third-order valence-corrected chi connectivity index (χ3v) is 5.90.